The molecule has 0 atom stereocenters. The maximum atomic E-state index is 12.2. The highest BCUT2D eigenvalue weighted by molar-refractivity contribution is 5.85. The zero-order valence-electron chi connectivity index (χ0n) is 16.8. The van der Waals surface area contributed by atoms with Crippen LogP contribution in [0.25, 0.3) is 22.3 Å². The van der Waals surface area contributed by atoms with Crippen molar-refractivity contribution >= 4 is 29.3 Å². The smallest absolute Gasteiger partial charge is 0.223 e. The SMILES string of the molecule is CCC(CC)C(=O)NCCCn1c(-c2cccnc2C)cc2cccnc21.Cl. The van der Waals surface area contributed by atoms with Gasteiger partial charge >= 0.3 is 0 Å². The molecule has 5 nitrogen and oxygen atoms in total. The van der Waals surface area contributed by atoms with Gasteiger partial charge < -0.3 is 9.88 Å². The molecule has 150 valence electrons. The molecule has 0 saturated heterocycles. The number of nitrogens with zero attached hydrogens (tertiary/aromatic N) is 3. The van der Waals surface area contributed by atoms with Gasteiger partial charge in [0.05, 0.1) is 5.69 Å². The second-order valence-corrected chi connectivity index (χ2v) is 6.89. The van der Waals surface area contributed by atoms with Crippen LogP contribution in [0.5, 0.6) is 0 Å². The number of pyridine rings is 2. The standard InChI is InChI=1S/C22H28N4O.ClH/c1-4-17(5-2)22(27)25-13-8-14-26-20(19-10-7-11-23-16(19)3)15-18-9-6-12-24-21(18)26;/h6-7,9-12,15,17H,4-5,8,13-14H2,1-3H3,(H,25,27);1H. The fraction of sp³-hybridized carbons (Fsp3) is 0.409. The van der Waals surface area contributed by atoms with Crippen molar-refractivity contribution in [2.75, 3.05) is 6.54 Å². The Hall–Kier alpha value is -2.40. The third-order valence-electron chi connectivity index (χ3n) is 5.15. The van der Waals surface area contributed by atoms with E-state index in [9.17, 15) is 4.79 Å². The lowest BCUT2D eigenvalue weighted by Gasteiger charge is -2.14. The molecule has 0 fully saturated rings. The number of halogens is 1. The summed E-state index contributed by atoms with van der Waals surface area (Å²) in [6, 6.07) is 10.3. The first-order chi connectivity index (χ1) is 13.2. The van der Waals surface area contributed by atoms with Crippen LogP contribution in [-0.4, -0.2) is 27.0 Å². The van der Waals surface area contributed by atoms with Crippen LogP contribution in [-0.2, 0) is 11.3 Å². The monoisotopic (exact) mass is 400 g/mol. The molecule has 0 bridgehead atoms. The summed E-state index contributed by atoms with van der Waals surface area (Å²) in [7, 11) is 0. The summed E-state index contributed by atoms with van der Waals surface area (Å²) >= 11 is 0. The van der Waals surface area contributed by atoms with Gasteiger partial charge in [-0.1, -0.05) is 13.8 Å². The Labute approximate surface area is 173 Å². The largest absolute Gasteiger partial charge is 0.356 e. The number of rotatable bonds is 8. The number of nitrogens with one attached hydrogen (secondary N) is 1. The van der Waals surface area contributed by atoms with E-state index < -0.39 is 0 Å². The van der Waals surface area contributed by atoms with Gasteiger partial charge in [-0.2, -0.15) is 0 Å². The molecule has 0 aliphatic rings. The fourth-order valence-corrected chi connectivity index (χ4v) is 3.54. The van der Waals surface area contributed by atoms with Gasteiger partial charge in [-0.05, 0) is 56.5 Å². The molecule has 0 aliphatic carbocycles. The molecule has 1 amide bonds. The highest BCUT2D eigenvalue weighted by Gasteiger charge is 2.15. The Kier molecular flexibility index (Phi) is 8.00. The van der Waals surface area contributed by atoms with Crippen LogP contribution >= 0.6 is 12.4 Å². The first kappa shape index (κ1) is 21.9. The lowest BCUT2D eigenvalue weighted by molar-refractivity contribution is -0.125. The normalized spacial score (nSPS) is 10.9. The highest BCUT2D eigenvalue weighted by atomic mass is 35.5. The van der Waals surface area contributed by atoms with E-state index in [0.29, 0.717) is 6.54 Å². The topological polar surface area (TPSA) is 59.8 Å². The van der Waals surface area contributed by atoms with Gasteiger partial charge in [0.25, 0.3) is 0 Å². The number of carbonyl (C=O) groups excluding carboxylic acids is 1. The summed E-state index contributed by atoms with van der Waals surface area (Å²) in [5.41, 5.74) is 4.22. The van der Waals surface area contributed by atoms with E-state index in [2.05, 4.69) is 51.9 Å². The van der Waals surface area contributed by atoms with E-state index in [1.165, 1.54) is 0 Å². The second kappa shape index (κ2) is 10.2. The minimum Gasteiger partial charge on any atom is -0.356 e. The highest BCUT2D eigenvalue weighted by Crippen LogP contribution is 2.28. The van der Waals surface area contributed by atoms with Gasteiger partial charge in [-0.15, -0.1) is 12.4 Å². The van der Waals surface area contributed by atoms with E-state index >= 15 is 0 Å². The van der Waals surface area contributed by atoms with Gasteiger partial charge in [0.15, 0.2) is 0 Å². The van der Waals surface area contributed by atoms with Crippen LogP contribution in [0.4, 0.5) is 0 Å². The summed E-state index contributed by atoms with van der Waals surface area (Å²) in [6.45, 7) is 7.63. The van der Waals surface area contributed by atoms with Crippen molar-refractivity contribution in [3.63, 3.8) is 0 Å². The maximum absolute atomic E-state index is 12.2. The van der Waals surface area contributed by atoms with Crippen LogP contribution in [0.1, 0.15) is 38.8 Å². The van der Waals surface area contributed by atoms with Crippen molar-refractivity contribution < 1.29 is 4.79 Å². The Bertz CT molecular complexity index is 918. The number of hydrogen-bond acceptors (Lipinski definition) is 3. The Balaban J connectivity index is 0.00000280. The van der Waals surface area contributed by atoms with Crippen LogP contribution < -0.4 is 5.32 Å². The Morgan fingerprint density at radius 2 is 1.86 bits per heavy atom. The van der Waals surface area contributed by atoms with E-state index in [1.54, 1.807) is 0 Å². The van der Waals surface area contributed by atoms with Crippen LogP contribution in [0.15, 0.2) is 42.7 Å². The molecule has 0 spiro atoms. The van der Waals surface area contributed by atoms with Crippen LogP contribution in [0, 0.1) is 12.8 Å². The molecular formula is C22H29ClN4O. The first-order valence-corrected chi connectivity index (χ1v) is 9.79. The Morgan fingerprint density at radius 3 is 2.57 bits per heavy atom. The summed E-state index contributed by atoms with van der Waals surface area (Å²) < 4.78 is 2.24. The molecule has 3 aromatic heterocycles. The van der Waals surface area contributed by atoms with Crippen molar-refractivity contribution in [1.82, 2.24) is 19.9 Å². The molecule has 3 rings (SSSR count). The molecule has 0 aromatic carbocycles. The summed E-state index contributed by atoms with van der Waals surface area (Å²) in [6.07, 6.45) is 6.28. The molecule has 0 aliphatic heterocycles. The zero-order chi connectivity index (χ0) is 19.2. The van der Waals surface area contributed by atoms with Crippen LogP contribution in [0.2, 0.25) is 0 Å². The van der Waals surface area contributed by atoms with E-state index in [1.807, 2.05) is 31.5 Å². The summed E-state index contributed by atoms with van der Waals surface area (Å²) in [5.74, 6) is 0.284. The van der Waals surface area contributed by atoms with Gasteiger partial charge in [0.1, 0.15) is 5.65 Å². The molecular weight excluding hydrogens is 372 g/mol. The number of fused-ring (bicyclic) bond motifs is 1. The lowest BCUT2D eigenvalue weighted by Crippen LogP contribution is -2.31. The maximum Gasteiger partial charge on any atom is 0.223 e. The molecule has 3 aromatic rings. The minimum absolute atomic E-state index is 0. The number of aryl methyl sites for hydroxylation is 2. The summed E-state index contributed by atoms with van der Waals surface area (Å²) in [5, 5.41) is 4.20. The van der Waals surface area contributed by atoms with Crippen LogP contribution in [0.3, 0.4) is 0 Å². The molecule has 0 saturated carbocycles. The van der Waals surface area contributed by atoms with Gasteiger partial charge in [-0.25, -0.2) is 4.98 Å². The Morgan fingerprint density at radius 1 is 1.14 bits per heavy atom. The van der Waals surface area contributed by atoms with E-state index in [4.69, 9.17) is 0 Å². The van der Waals surface area contributed by atoms with Crippen molar-refractivity contribution in [1.29, 1.82) is 0 Å². The molecule has 0 unspecified atom stereocenters. The minimum atomic E-state index is 0. The molecule has 6 heteroatoms. The van der Waals surface area contributed by atoms with Gasteiger partial charge in [0, 0.05) is 48.0 Å². The van der Waals surface area contributed by atoms with E-state index in [0.717, 1.165) is 53.8 Å². The molecule has 0 radical (unpaired) electrons. The average molecular weight is 401 g/mol. The third kappa shape index (κ3) is 4.71. The number of hydrogen-bond donors (Lipinski definition) is 1. The molecule has 3 heterocycles. The van der Waals surface area contributed by atoms with Crippen molar-refractivity contribution in [3.8, 4) is 11.3 Å². The van der Waals surface area contributed by atoms with E-state index in [-0.39, 0.29) is 24.2 Å². The molecule has 1 N–H and O–H groups in total. The van der Waals surface area contributed by atoms with Gasteiger partial charge in [0.2, 0.25) is 5.91 Å². The second-order valence-electron chi connectivity index (χ2n) is 6.89. The third-order valence-corrected chi connectivity index (χ3v) is 5.15. The quantitative estimate of drug-likeness (QED) is 0.554. The average Bonchev–Trinajstić information content (AvgIpc) is 3.05. The fourth-order valence-electron chi connectivity index (χ4n) is 3.54. The zero-order valence-corrected chi connectivity index (χ0v) is 17.6. The van der Waals surface area contributed by atoms with Crippen molar-refractivity contribution in [3.05, 3.63) is 48.4 Å². The first-order valence-electron chi connectivity index (χ1n) is 9.79. The predicted molar refractivity (Wildman–Crippen MR) is 117 cm³/mol. The number of carbonyl (C=O) groups is 1. The van der Waals surface area contributed by atoms with Crippen molar-refractivity contribution in [2.24, 2.45) is 5.92 Å². The van der Waals surface area contributed by atoms with Gasteiger partial charge in [-0.3, -0.25) is 9.78 Å². The van der Waals surface area contributed by atoms with Crippen molar-refractivity contribution in [2.45, 2.75) is 46.6 Å². The molecule has 28 heavy (non-hydrogen) atoms. The number of aromatic nitrogens is 3. The summed E-state index contributed by atoms with van der Waals surface area (Å²) in [4.78, 5) is 21.2. The lowest BCUT2D eigenvalue weighted by atomic mass is 10.0. The number of amides is 1. The predicted octanol–water partition coefficient (Wildman–Crippen LogP) is 4.77.